The van der Waals surface area contributed by atoms with E-state index in [-0.39, 0.29) is 4.87 Å². The summed E-state index contributed by atoms with van der Waals surface area (Å²) >= 11 is 13.0. The highest BCUT2D eigenvalue weighted by atomic mass is 35.5. The predicted molar refractivity (Wildman–Crippen MR) is 71.9 cm³/mol. The number of thiazole rings is 1. The fourth-order valence-corrected chi connectivity index (χ4v) is 2.45. The molecule has 0 amide bonds. The Morgan fingerprint density at radius 1 is 1.29 bits per heavy atom. The molecule has 0 bridgehead atoms. The number of hydrogen-bond donors (Lipinski definition) is 2. The SMILES string of the molecule is O=c1[nH]c(CNCc2ccc(Cl)cc2Cl)cs1. The molecule has 2 rings (SSSR count). The van der Waals surface area contributed by atoms with Gasteiger partial charge in [0.25, 0.3) is 0 Å². The molecular formula is C11H10Cl2N2OS. The van der Waals surface area contributed by atoms with Gasteiger partial charge in [-0.1, -0.05) is 40.6 Å². The highest BCUT2D eigenvalue weighted by Gasteiger charge is 2.01. The van der Waals surface area contributed by atoms with Crippen molar-refractivity contribution >= 4 is 34.5 Å². The van der Waals surface area contributed by atoms with Gasteiger partial charge in [0, 0.05) is 34.2 Å². The van der Waals surface area contributed by atoms with Crippen molar-refractivity contribution in [1.29, 1.82) is 0 Å². The van der Waals surface area contributed by atoms with Crippen LogP contribution in [0.1, 0.15) is 11.3 Å². The van der Waals surface area contributed by atoms with Crippen LogP contribution in [0, 0.1) is 0 Å². The summed E-state index contributed by atoms with van der Waals surface area (Å²) in [7, 11) is 0. The molecule has 1 heterocycles. The molecule has 17 heavy (non-hydrogen) atoms. The first-order chi connectivity index (χ1) is 8.15. The normalized spacial score (nSPS) is 10.7. The van der Waals surface area contributed by atoms with Crippen molar-refractivity contribution in [2.75, 3.05) is 0 Å². The molecule has 0 fully saturated rings. The van der Waals surface area contributed by atoms with E-state index in [9.17, 15) is 4.79 Å². The number of aromatic nitrogens is 1. The highest BCUT2D eigenvalue weighted by Crippen LogP contribution is 2.20. The molecule has 0 aliphatic carbocycles. The fourth-order valence-electron chi connectivity index (χ4n) is 1.40. The van der Waals surface area contributed by atoms with Gasteiger partial charge in [0.2, 0.25) is 0 Å². The molecule has 2 N–H and O–H groups in total. The second-order valence-electron chi connectivity index (χ2n) is 3.51. The largest absolute Gasteiger partial charge is 0.315 e. The van der Waals surface area contributed by atoms with Gasteiger partial charge >= 0.3 is 4.87 Å². The summed E-state index contributed by atoms with van der Waals surface area (Å²) in [5, 5.41) is 6.27. The molecule has 0 radical (unpaired) electrons. The Hall–Kier alpha value is -0.810. The molecule has 1 aromatic carbocycles. The van der Waals surface area contributed by atoms with Gasteiger partial charge in [0.1, 0.15) is 0 Å². The molecule has 0 saturated heterocycles. The highest BCUT2D eigenvalue weighted by molar-refractivity contribution is 7.07. The van der Waals surface area contributed by atoms with E-state index in [1.54, 1.807) is 17.5 Å². The predicted octanol–water partition coefficient (Wildman–Crippen LogP) is 3.03. The first-order valence-corrected chi connectivity index (χ1v) is 6.60. The summed E-state index contributed by atoms with van der Waals surface area (Å²) in [5.74, 6) is 0. The van der Waals surface area contributed by atoms with Crippen LogP contribution >= 0.6 is 34.5 Å². The molecule has 90 valence electrons. The molecule has 1 aromatic heterocycles. The molecule has 3 nitrogen and oxygen atoms in total. The number of halogens is 2. The van der Waals surface area contributed by atoms with Crippen molar-refractivity contribution in [1.82, 2.24) is 10.3 Å². The van der Waals surface area contributed by atoms with Crippen molar-refractivity contribution in [3.63, 3.8) is 0 Å². The summed E-state index contributed by atoms with van der Waals surface area (Å²) in [6.45, 7) is 1.24. The smallest absolute Gasteiger partial charge is 0.304 e. The van der Waals surface area contributed by atoms with Crippen LogP contribution in [0.15, 0.2) is 28.4 Å². The Morgan fingerprint density at radius 2 is 2.12 bits per heavy atom. The van der Waals surface area contributed by atoms with Crippen LogP contribution in [-0.2, 0) is 13.1 Å². The average Bonchev–Trinajstić information content (AvgIpc) is 2.68. The third kappa shape index (κ3) is 3.57. The number of rotatable bonds is 4. The zero-order valence-corrected chi connectivity index (χ0v) is 11.1. The minimum atomic E-state index is -0.0358. The van der Waals surface area contributed by atoms with Crippen molar-refractivity contribution in [2.45, 2.75) is 13.1 Å². The van der Waals surface area contributed by atoms with Crippen molar-refractivity contribution in [2.24, 2.45) is 0 Å². The van der Waals surface area contributed by atoms with E-state index in [4.69, 9.17) is 23.2 Å². The van der Waals surface area contributed by atoms with Crippen LogP contribution in [0.3, 0.4) is 0 Å². The summed E-state index contributed by atoms with van der Waals surface area (Å²) in [5.41, 5.74) is 1.86. The Bertz CT molecular complexity index is 565. The third-order valence-electron chi connectivity index (χ3n) is 2.22. The molecule has 0 aliphatic rings. The van der Waals surface area contributed by atoms with Crippen molar-refractivity contribution in [3.05, 3.63) is 54.5 Å². The summed E-state index contributed by atoms with van der Waals surface area (Å²) < 4.78 is 0. The second-order valence-corrected chi connectivity index (χ2v) is 5.20. The quantitative estimate of drug-likeness (QED) is 0.908. The number of benzene rings is 1. The lowest BCUT2D eigenvalue weighted by Gasteiger charge is -2.05. The number of H-pyrrole nitrogens is 1. The van der Waals surface area contributed by atoms with Gasteiger partial charge in [0.05, 0.1) is 0 Å². The van der Waals surface area contributed by atoms with E-state index in [0.717, 1.165) is 22.6 Å². The zero-order chi connectivity index (χ0) is 12.3. The van der Waals surface area contributed by atoms with Gasteiger partial charge in [-0.25, -0.2) is 0 Å². The van der Waals surface area contributed by atoms with E-state index in [0.29, 0.717) is 23.1 Å². The van der Waals surface area contributed by atoms with Crippen molar-refractivity contribution < 1.29 is 0 Å². The monoisotopic (exact) mass is 288 g/mol. The Labute approximate surface area is 112 Å². The minimum Gasteiger partial charge on any atom is -0.315 e. The van der Waals surface area contributed by atoms with Crippen LogP contribution in [0.2, 0.25) is 10.0 Å². The summed E-state index contributed by atoms with van der Waals surface area (Å²) in [4.78, 5) is 13.6. The van der Waals surface area contributed by atoms with E-state index < -0.39 is 0 Å². The van der Waals surface area contributed by atoms with Gasteiger partial charge in [-0.2, -0.15) is 0 Å². The molecule has 0 spiro atoms. The van der Waals surface area contributed by atoms with Crippen molar-refractivity contribution in [3.8, 4) is 0 Å². The van der Waals surface area contributed by atoms with E-state index in [1.807, 2.05) is 6.07 Å². The van der Waals surface area contributed by atoms with Crippen LogP contribution < -0.4 is 10.2 Å². The average molecular weight is 289 g/mol. The second kappa shape index (κ2) is 5.69. The molecule has 0 aliphatic heterocycles. The molecule has 0 atom stereocenters. The Morgan fingerprint density at radius 3 is 2.76 bits per heavy atom. The summed E-state index contributed by atoms with van der Waals surface area (Å²) in [6.07, 6.45) is 0. The lowest BCUT2D eigenvalue weighted by atomic mass is 10.2. The van der Waals surface area contributed by atoms with E-state index in [2.05, 4.69) is 10.3 Å². The van der Waals surface area contributed by atoms with Gasteiger partial charge in [-0.15, -0.1) is 0 Å². The van der Waals surface area contributed by atoms with Gasteiger partial charge in [-0.05, 0) is 17.7 Å². The molecule has 2 aromatic rings. The lowest BCUT2D eigenvalue weighted by Crippen LogP contribution is -2.14. The van der Waals surface area contributed by atoms with E-state index in [1.165, 1.54) is 0 Å². The molecule has 6 heteroatoms. The van der Waals surface area contributed by atoms with Gasteiger partial charge in [0.15, 0.2) is 0 Å². The Kier molecular flexibility index (Phi) is 4.23. The summed E-state index contributed by atoms with van der Waals surface area (Å²) in [6, 6.07) is 5.40. The fraction of sp³-hybridized carbons (Fsp3) is 0.182. The van der Waals surface area contributed by atoms with Crippen LogP contribution in [0.4, 0.5) is 0 Å². The van der Waals surface area contributed by atoms with E-state index >= 15 is 0 Å². The van der Waals surface area contributed by atoms with Crippen LogP contribution in [-0.4, -0.2) is 4.98 Å². The Balaban J connectivity index is 1.92. The van der Waals surface area contributed by atoms with Crippen LogP contribution in [0.5, 0.6) is 0 Å². The maximum absolute atomic E-state index is 10.9. The number of aromatic amines is 1. The standard InChI is InChI=1S/C11H10Cl2N2OS/c12-8-2-1-7(10(13)3-8)4-14-5-9-6-17-11(16)15-9/h1-3,6,14H,4-5H2,(H,15,16). The van der Waals surface area contributed by atoms with Gasteiger partial charge in [-0.3, -0.25) is 4.79 Å². The maximum Gasteiger partial charge on any atom is 0.304 e. The first-order valence-electron chi connectivity index (χ1n) is 4.96. The molecular weight excluding hydrogens is 279 g/mol. The van der Waals surface area contributed by atoms with Crippen LogP contribution in [0.25, 0.3) is 0 Å². The first kappa shape index (κ1) is 12.6. The topological polar surface area (TPSA) is 44.9 Å². The molecule has 0 unspecified atom stereocenters. The third-order valence-corrected chi connectivity index (χ3v) is 3.52. The maximum atomic E-state index is 10.9. The number of nitrogens with one attached hydrogen (secondary N) is 2. The van der Waals surface area contributed by atoms with Gasteiger partial charge < -0.3 is 10.3 Å². The number of hydrogen-bond acceptors (Lipinski definition) is 3. The molecule has 0 saturated carbocycles. The lowest BCUT2D eigenvalue weighted by molar-refractivity contribution is 0.682. The zero-order valence-electron chi connectivity index (χ0n) is 8.80. The minimum absolute atomic E-state index is 0.0358.